The van der Waals surface area contributed by atoms with E-state index in [1.165, 1.54) is 43.3 Å². The van der Waals surface area contributed by atoms with Gasteiger partial charge in [-0.3, -0.25) is 4.79 Å². The molecule has 39 heavy (non-hydrogen) atoms. The number of benzene rings is 3. The molecule has 1 amide bonds. The first kappa shape index (κ1) is 28.1. The zero-order valence-electron chi connectivity index (χ0n) is 21.5. The summed E-state index contributed by atoms with van der Waals surface area (Å²) in [5.74, 6) is -1.10. The van der Waals surface area contributed by atoms with E-state index >= 15 is 0 Å². The molecule has 3 aromatic carbocycles. The first-order chi connectivity index (χ1) is 18.6. The van der Waals surface area contributed by atoms with Gasteiger partial charge in [0.2, 0.25) is 10.0 Å². The van der Waals surface area contributed by atoms with Crippen LogP contribution in [-0.4, -0.2) is 42.6 Å². The minimum atomic E-state index is -3.90. The minimum absolute atomic E-state index is 0.00828. The van der Waals surface area contributed by atoms with Crippen molar-refractivity contribution in [3.8, 4) is 11.5 Å². The number of carbonyl (C=O) groups excluding carboxylic acids is 2. The van der Waals surface area contributed by atoms with Gasteiger partial charge in [-0.2, -0.15) is 0 Å². The van der Waals surface area contributed by atoms with E-state index in [1.807, 2.05) is 30.3 Å². The van der Waals surface area contributed by atoms with Gasteiger partial charge in [0.25, 0.3) is 5.91 Å². The number of hydrogen-bond donors (Lipinski definition) is 4. The molecule has 1 atom stereocenters. The summed E-state index contributed by atoms with van der Waals surface area (Å²) in [4.78, 5) is 25.0. The summed E-state index contributed by atoms with van der Waals surface area (Å²) in [6.45, 7) is 1.58. The Kier molecular flexibility index (Phi) is 8.88. The number of sulfonamides is 1. The van der Waals surface area contributed by atoms with E-state index in [0.717, 1.165) is 11.1 Å². The second kappa shape index (κ2) is 12.3. The third-order valence-corrected chi connectivity index (χ3v) is 8.35. The highest BCUT2D eigenvalue weighted by atomic mass is 32.2. The van der Waals surface area contributed by atoms with Crippen molar-refractivity contribution in [2.45, 2.75) is 62.1 Å². The van der Waals surface area contributed by atoms with E-state index in [4.69, 9.17) is 4.74 Å². The SMILES string of the molecule is CC(NC(=O)c1cccc(S(=O)(=O)NC2CCC(c3ccc(O)cc3O)CC2)c1)C(=O)OCc1ccccc1. The van der Waals surface area contributed by atoms with Crippen LogP contribution in [0.4, 0.5) is 0 Å². The van der Waals surface area contributed by atoms with Gasteiger partial charge in [0.05, 0.1) is 4.90 Å². The first-order valence-corrected chi connectivity index (χ1v) is 14.3. The van der Waals surface area contributed by atoms with E-state index in [-0.39, 0.29) is 40.5 Å². The molecule has 206 valence electrons. The van der Waals surface area contributed by atoms with E-state index in [2.05, 4.69) is 10.0 Å². The maximum Gasteiger partial charge on any atom is 0.328 e. The summed E-state index contributed by atoms with van der Waals surface area (Å²) in [5, 5.41) is 22.2. The first-order valence-electron chi connectivity index (χ1n) is 12.8. The summed E-state index contributed by atoms with van der Waals surface area (Å²) in [7, 11) is -3.90. The highest BCUT2D eigenvalue weighted by Gasteiger charge is 2.28. The number of phenolic OH excluding ortho intramolecular Hbond substituents is 2. The van der Waals surface area contributed by atoms with Crippen LogP contribution in [-0.2, 0) is 26.2 Å². The average Bonchev–Trinajstić information content (AvgIpc) is 2.92. The van der Waals surface area contributed by atoms with Crippen LogP contribution in [0.15, 0.2) is 77.7 Å². The topological polar surface area (TPSA) is 142 Å². The largest absolute Gasteiger partial charge is 0.508 e. The van der Waals surface area contributed by atoms with Crippen LogP contribution in [0.5, 0.6) is 11.5 Å². The molecule has 1 aliphatic carbocycles. The average molecular weight is 553 g/mol. The van der Waals surface area contributed by atoms with E-state index < -0.39 is 27.9 Å². The van der Waals surface area contributed by atoms with Crippen molar-refractivity contribution in [2.75, 3.05) is 0 Å². The molecule has 10 heteroatoms. The summed E-state index contributed by atoms with van der Waals surface area (Å²) < 4.78 is 34.1. The number of rotatable bonds is 9. The van der Waals surface area contributed by atoms with E-state index in [0.29, 0.717) is 25.7 Å². The van der Waals surface area contributed by atoms with Crippen molar-refractivity contribution >= 4 is 21.9 Å². The fourth-order valence-corrected chi connectivity index (χ4v) is 6.03. The molecule has 0 radical (unpaired) electrons. The van der Waals surface area contributed by atoms with Crippen LogP contribution in [0.1, 0.15) is 60.0 Å². The highest BCUT2D eigenvalue weighted by Crippen LogP contribution is 2.38. The Hall–Kier alpha value is -3.89. The van der Waals surface area contributed by atoms with Gasteiger partial charge in [-0.05, 0) is 73.9 Å². The number of esters is 1. The van der Waals surface area contributed by atoms with Crippen LogP contribution in [0.3, 0.4) is 0 Å². The van der Waals surface area contributed by atoms with Crippen LogP contribution < -0.4 is 10.0 Å². The molecule has 0 heterocycles. The van der Waals surface area contributed by atoms with E-state index in [9.17, 15) is 28.2 Å². The number of nitrogens with one attached hydrogen (secondary N) is 2. The quantitative estimate of drug-likeness (QED) is 0.294. The molecule has 1 fully saturated rings. The fraction of sp³-hybridized carbons (Fsp3) is 0.310. The Balaban J connectivity index is 1.32. The lowest BCUT2D eigenvalue weighted by molar-refractivity contribution is -0.146. The van der Waals surface area contributed by atoms with Gasteiger partial charge in [0.1, 0.15) is 24.1 Å². The molecule has 3 aromatic rings. The minimum Gasteiger partial charge on any atom is -0.508 e. The molecule has 1 unspecified atom stereocenters. The van der Waals surface area contributed by atoms with Crippen molar-refractivity contribution in [1.82, 2.24) is 10.0 Å². The van der Waals surface area contributed by atoms with Crippen molar-refractivity contribution in [3.63, 3.8) is 0 Å². The number of hydrogen-bond acceptors (Lipinski definition) is 7. The summed E-state index contributed by atoms with van der Waals surface area (Å²) >= 11 is 0. The summed E-state index contributed by atoms with van der Waals surface area (Å²) in [5.41, 5.74) is 1.67. The zero-order valence-corrected chi connectivity index (χ0v) is 22.4. The number of ether oxygens (including phenoxy) is 1. The Morgan fingerprint density at radius 3 is 2.36 bits per heavy atom. The van der Waals surface area contributed by atoms with Gasteiger partial charge >= 0.3 is 5.97 Å². The van der Waals surface area contributed by atoms with Gasteiger partial charge in [-0.25, -0.2) is 17.9 Å². The maximum absolute atomic E-state index is 13.1. The number of aromatic hydroxyl groups is 2. The van der Waals surface area contributed by atoms with Crippen LogP contribution in [0.25, 0.3) is 0 Å². The maximum atomic E-state index is 13.1. The Bertz CT molecular complexity index is 1420. The van der Waals surface area contributed by atoms with Crippen LogP contribution in [0, 0.1) is 0 Å². The molecule has 0 bridgehead atoms. The Labute approximate surface area is 227 Å². The summed E-state index contributed by atoms with van der Waals surface area (Å²) in [6, 6.07) is 18.1. The van der Waals surface area contributed by atoms with Crippen molar-refractivity contribution in [3.05, 3.63) is 89.5 Å². The smallest absolute Gasteiger partial charge is 0.328 e. The molecule has 0 aliphatic heterocycles. The van der Waals surface area contributed by atoms with Crippen molar-refractivity contribution in [1.29, 1.82) is 0 Å². The number of amides is 1. The fourth-order valence-electron chi connectivity index (χ4n) is 4.68. The van der Waals surface area contributed by atoms with Crippen LogP contribution >= 0.6 is 0 Å². The lowest BCUT2D eigenvalue weighted by Gasteiger charge is -2.29. The van der Waals surface area contributed by atoms with Gasteiger partial charge < -0.3 is 20.3 Å². The molecule has 0 spiro atoms. The third kappa shape index (κ3) is 7.36. The molecule has 0 aromatic heterocycles. The Morgan fingerprint density at radius 2 is 1.67 bits per heavy atom. The lowest BCUT2D eigenvalue weighted by atomic mass is 9.81. The summed E-state index contributed by atoms with van der Waals surface area (Å²) in [6.07, 6.45) is 2.50. The second-order valence-corrected chi connectivity index (χ2v) is 11.4. The Morgan fingerprint density at radius 1 is 0.949 bits per heavy atom. The second-order valence-electron chi connectivity index (χ2n) is 9.73. The predicted molar refractivity (Wildman–Crippen MR) is 145 cm³/mol. The standard InChI is InChI=1S/C29H32N2O7S/c1-19(29(35)38-18-20-6-3-2-4-7-20)30-28(34)22-8-5-9-25(16-22)39(36,37)31-23-12-10-21(11-13-23)26-15-14-24(32)17-27(26)33/h2-9,14-17,19,21,23,31-33H,10-13,18H2,1H3,(H,30,34). The molecular formula is C29H32N2O7S. The molecule has 9 nitrogen and oxygen atoms in total. The molecule has 4 rings (SSSR count). The monoisotopic (exact) mass is 552 g/mol. The molecule has 1 saturated carbocycles. The molecular weight excluding hydrogens is 520 g/mol. The van der Waals surface area contributed by atoms with Gasteiger partial charge in [-0.1, -0.05) is 42.5 Å². The van der Waals surface area contributed by atoms with Crippen molar-refractivity contribution in [2.24, 2.45) is 0 Å². The number of phenols is 2. The molecule has 4 N–H and O–H groups in total. The van der Waals surface area contributed by atoms with Crippen molar-refractivity contribution < 1.29 is 33.0 Å². The van der Waals surface area contributed by atoms with Gasteiger partial charge in [0.15, 0.2) is 0 Å². The number of carbonyl (C=O) groups is 2. The zero-order chi connectivity index (χ0) is 28.0. The predicted octanol–water partition coefficient (Wildman–Crippen LogP) is 3.96. The van der Waals surface area contributed by atoms with E-state index in [1.54, 1.807) is 6.07 Å². The normalized spacial score (nSPS) is 18.2. The highest BCUT2D eigenvalue weighted by molar-refractivity contribution is 7.89. The molecule has 1 aliphatic rings. The third-order valence-electron chi connectivity index (χ3n) is 6.83. The molecule has 0 saturated heterocycles. The van der Waals surface area contributed by atoms with Gasteiger partial charge in [0, 0.05) is 17.7 Å². The lowest BCUT2D eigenvalue weighted by Crippen LogP contribution is -2.39. The van der Waals surface area contributed by atoms with Crippen LogP contribution in [0.2, 0.25) is 0 Å². The van der Waals surface area contributed by atoms with Gasteiger partial charge in [-0.15, -0.1) is 0 Å².